The van der Waals surface area contributed by atoms with E-state index in [9.17, 15) is 0 Å². The summed E-state index contributed by atoms with van der Waals surface area (Å²) in [4.78, 5) is 0. The molecule has 226 valence electrons. The van der Waals surface area contributed by atoms with Crippen molar-refractivity contribution in [1.29, 1.82) is 0 Å². The molecule has 0 spiro atoms. The SMILES string of the molecule is CCCCCCCCCCC[N+](CC)(CCCCCCCCCCC)CCCCCCCCCCC.[Br-]. The Morgan fingerprint density at radius 3 is 0.649 bits per heavy atom. The smallest absolute Gasteiger partial charge is 0.0786 e. The van der Waals surface area contributed by atoms with Gasteiger partial charge in [0.15, 0.2) is 0 Å². The molecule has 0 aliphatic heterocycles. The molecule has 0 N–H and O–H groups in total. The van der Waals surface area contributed by atoms with Crippen molar-refractivity contribution in [3.63, 3.8) is 0 Å². The highest BCUT2D eigenvalue weighted by Gasteiger charge is 2.23. The molecule has 0 heterocycles. The molecule has 0 aliphatic rings. The van der Waals surface area contributed by atoms with E-state index in [1.807, 2.05) is 0 Å². The summed E-state index contributed by atoms with van der Waals surface area (Å²) in [7, 11) is 0. The van der Waals surface area contributed by atoms with Crippen LogP contribution in [0.3, 0.4) is 0 Å². The third-order valence-corrected chi connectivity index (χ3v) is 8.88. The molecule has 1 nitrogen and oxygen atoms in total. The van der Waals surface area contributed by atoms with Gasteiger partial charge in [-0.15, -0.1) is 0 Å². The van der Waals surface area contributed by atoms with Crippen LogP contribution < -0.4 is 17.0 Å². The molecule has 0 atom stereocenters. The van der Waals surface area contributed by atoms with Crippen molar-refractivity contribution in [3.8, 4) is 0 Å². The van der Waals surface area contributed by atoms with Crippen LogP contribution in [0.5, 0.6) is 0 Å². The second kappa shape index (κ2) is 32.7. The molecule has 0 unspecified atom stereocenters. The minimum atomic E-state index is 0. The monoisotopic (exact) mass is 588 g/mol. The van der Waals surface area contributed by atoms with Crippen molar-refractivity contribution >= 4 is 0 Å². The second-order valence-electron chi connectivity index (χ2n) is 12.3. The summed E-state index contributed by atoms with van der Waals surface area (Å²) in [6.07, 6.45) is 39.4. The van der Waals surface area contributed by atoms with Crippen molar-refractivity contribution in [1.82, 2.24) is 0 Å². The normalized spacial score (nSPS) is 11.7. The number of nitrogens with zero attached hydrogens (tertiary/aromatic N) is 1. The third-order valence-electron chi connectivity index (χ3n) is 8.88. The first kappa shape index (κ1) is 39.6. The minimum Gasteiger partial charge on any atom is -1.00 e. The van der Waals surface area contributed by atoms with Gasteiger partial charge in [-0.3, -0.25) is 0 Å². The van der Waals surface area contributed by atoms with Gasteiger partial charge in [-0.1, -0.05) is 156 Å². The van der Waals surface area contributed by atoms with E-state index in [0.29, 0.717) is 0 Å². The van der Waals surface area contributed by atoms with Gasteiger partial charge in [0, 0.05) is 0 Å². The van der Waals surface area contributed by atoms with E-state index in [-0.39, 0.29) is 17.0 Å². The molecule has 0 saturated carbocycles. The van der Waals surface area contributed by atoms with Crippen LogP contribution in [0.25, 0.3) is 0 Å². The molecular weight excluding hydrogens is 514 g/mol. The summed E-state index contributed by atoms with van der Waals surface area (Å²) in [6, 6.07) is 0. The fraction of sp³-hybridized carbons (Fsp3) is 1.00. The van der Waals surface area contributed by atoms with Crippen LogP contribution in [0.1, 0.15) is 201 Å². The Balaban J connectivity index is 0. The number of halogens is 1. The van der Waals surface area contributed by atoms with E-state index in [0.717, 1.165) is 0 Å². The summed E-state index contributed by atoms with van der Waals surface area (Å²) in [5.74, 6) is 0. The van der Waals surface area contributed by atoms with Gasteiger partial charge in [0.05, 0.1) is 26.2 Å². The Kier molecular flexibility index (Phi) is 34.9. The highest BCUT2D eigenvalue weighted by Crippen LogP contribution is 2.19. The first-order valence-electron chi connectivity index (χ1n) is 17.6. The Hall–Kier alpha value is 0.440. The van der Waals surface area contributed by atoms with Gasteiger partial charge < -0.3 is 21.5 Å². The average Bonchev–Trinajstić information content (AvgIpc) is 2.89. The van der Waals surface area contributed by atoms with Gasteiger partial charge in [0.2, 0.25) is 0 Å². The highest BCUT2D eigenvalue weighted by molar-refractivity contribution is 4.54. The van der Waals surface area contributed by atoms with Gasteiger partial charge in [-0.25, -0.2) is 0 Å². The van der Waals surface area contributed by atoms with Crippen molar-refractivity contribution in [2.75, 3.05) is 26.2 Å². The molecule has 0 rings (SSSR count). The zero-order chi connectivity index (χ0) is 26.4. The number of hydrogen-bond acceptors (Lipinski definition) is 0. The van der Waals surface area contributed by atoms with Crippen molar-refractivity contribution in [2.45, 2.75) is 201 Å². The summed E-state index contributed by atoms with van der Waals surface area (Å²) < 4.78 is 1.43. The third kappa shape index (κ3) is 27.8. The van der Waals surface area contributed by atoms with E-state index in [2.05, 4.69) is 27.7 Å². The Morgan fingerprint density at radius 2 is 0.459 bits per heavy atom. The number of rotatable bonds is 31. The van der Waals surface area contributed by atoms with Crippen molar-refractivity contribution < 1.29 is 21.5 Å². The van der Waals surface area contributed by atoms with Crippen LogP contribution in [0, 0.1) is 0 Å². The largest absolute Gasteiger partial charge is 1.00 e. The van der Waals surface area contributed by atoms with Gasteiger partial charge in [-0.05, 0) is 45.4 Å². The predicted molar refractivity (Wildman–Crippen MR) is 167 cm³/mol. The molecular formula is C35H74BrN. The molecule has 0 saturated heterocycles. The standard InChI is InChI=1S/C35H74N.BrH/c1-5-9-12-15-18-21-24-27-30-33-36(8-4,34-31-28-25-22-19-16-13-10-6-2)35-32-29-26-23-20-17-14-11-7-3;/h5-35H2,1-4H3;1H/q+1;/p-1. The summed E-state index contributed by atoms with van der Waals surface area (Å²) in [5, 5.41) is 0. The van der Waals surface area contributed by atoms with E-state index in [1.165, 1.54) is 204 Å². The van der Waals surface area contributed by atoms with Crippen LogP contribution in [-0.2, 0) is 0 Å². The molecule has 0 radical (unpaired) electrons. The van der Waals surface area contributed by atoms with E-state index < -0.39 is 0 Å². The Morgan fingerprint density at radius 1 is 0.270 bits per heavy atom. The predicted octanol–water partition coefficient (Wildman–Crippen LogP) is 9.42. The highest BCUT2D eigenvalue weighted by atomic mass is 79.9. The fourth-order valence-corrected chi connectivity index (χ4v) is 6.08. The summed E-state index contributed by atoms with van der Waals surface area (Å²) in [5.41, 5.74) is 0. The lowest BCUT2D eigenvalue weighted by Gasteiger charge is -2.38. The lowest BCUT2D eigenvalue weighted by atomic mass is 10.0. The van der Waals surface area contributed by atoms with E-state index in [1.54, 1.807) is 0 Å². The quantitative estimate of drug-likeness (QED) is 0.0559. The number of hydrogen-bond donors (Lipinski definition) is 0. The van der Waals surface area contributed by atoms with Crippen LogP contribution in [-0.4, -0.2) is 30.7 Å². The zero-order valence-electron chi connectivity index (χ0n) is 26.7. The molecule has 0 aromatic heterocycles. The maximum absolute atomic E-state index is 2.50. The number of quaternary nitrogens is 1. The maximum Gasteiger partial charge on any atom is 0.0786 e. The number of unbranched alkanes of at least 4 members (excludes halogenated alkanes) is 24. The molecule has 37 heavy (non-hydrogen) atoms. The maximum atomic E-state index is 2.50. The van der Waals surface area contributed by atoms with Gasteiger partial charge in [-0.2, -0.15) is 0 Å². The van der Waals surface area contributed by atoms with Crippen molar-refractivity contribution in [2.24, 2.45) is 0 Å². The summed E-state index contributed by atoms with van der Waals surface area (Å²) >= 11 is 0. The van der Waals surface area contributed by atoms with Gasteiger partial charge in [0.25, 0.3) is 0 Å². The molecule has 0 amide bonds. The lowest BCUT2D eigenvalue weighted by Crippen LogP contribution is -3.00. The average molecular weight is 589 g/mol. The molecule has 0 aliphatic carbocycles. The summed E-state index contributed by atoms with van der Waals surface area (Å²) in [6.45, 7) is 15.2. The first-order valence-corrected chi connectivity index (χ1v) is 17.6. The first-order chi connectivity index (χ1) is 17.7. The topological polar surface area (TPSA) is 0 Å². The molecule has 2 heteroatoms. The minimum absolute atomic E-state index is 0. The molecule has 0 bridgehead atoms. The fourth-order valence-electron chi connectivity index (χ4n) is 6.08. The van der Waals surface area contributed by atoms with Crippen LogP contribution >= 0.6 is 0 Å². The van der Waals surface area contributed by atoms with E-state index >= 15 is 0 Å². The van der Waals surface area contributed by atoms with Crippen LogP contribution in [0.4, 0.5) is 0 Å². The second-order valence-corrected chi connectivity index (χ2v) is 12.3. The van der Waals surface area contributed by atoms with Gasteiger partial charge in [0.1, 0.15) is 0 Å². The Labute approximate surface area is 248 Å². The van der Waals surface area contributed by atoms with Crippen LogP contribution in [0.2, 0.25) is 0 Å². The Bertz CT molecular complexity index is 342. The lowest BCUT2D eigenvalue weighted by molar-refractivity contribution is -0.927. The van der Waals surface area contributed by atoms with Crippen LogP contribution in [0.15, 0.2) is 0 Å². The zero-order valence-corrected chi connectivity index (χ0v) is 28.3. The molecule has 0 fully saturated rings. The molecule has 0 aromatic rings. The van der Waals surface area contributed by atoms with E-state index in [4.69, 9.17) is 0 Å². The van der Waals surface area contributed by atoms with Gasteiger partial charge >= 0.3 is 0 Å². The van der Waals surface area contributed by atoms with Crippen molar-refractivity contribution in [3.05, 3.63) is 0 Å². The molecule has 0 aromatic carbocycles.